The zero-order valence-corrected chi connectivity index (χ0v) is 11.4. The van der Waals surface area contributed by atoms with Gasteiger partial charge in [-0.2, -0.15) is 0 Å². The second-order valence-electron chi connectivity index (χ2n) is 4.42. The van der Waals surface area contributed by atoms with E-state index in [4.69, 9.17) is 16.7 Å². The number of benzene rings is 1. The highest BCUT2D eigenvalue weighted by Crippen LogP contribution is 2.24. The second kappa shape index (κ2) is 6.49. The van der Waals surface area contributed by atoms with Gasteiger partial charge < -0.3 is 5.11 Å². The van der Waals surface area contributed by atoms with Crippen LogP contribution in [0.4, 0.5) is 5.69 Å². The summed E-state index contributed by atoms with van der Waals surface area (Å²) in [5, 5.41) is 20.2. The fourth-order valence-electron chi connectivity index (χ4n) is 1.67. The third-order valence-electron chi connectivity index (χ3n) is 2.68. The van der Waals surface area contributed by atoms with Gasteiger partial charge in [-0.3, -0.25) is 19.8 Å². The lowest BCUT2D eigenvalue weighted by Crippen LogP contribution is -2.35. The molecule has 0 bridgehead atoms. The van der Waals surface area contributed by atoms with Crippen LogP contribution in [0, 0.1) is 10.1 Å². The van der Waals surface area contributed by atoms with Crippen molar-refractivity contribution >= 4 is 23.3 Å². The van der Waals surface area contributed by atoms with E-state index in [9.17, 15) is 14.9 Å². The van der Waals surface area contributed by atoms with Crippen molar-refractivity contribution in [3.8, 4) is 0 Å². The van der Waals surface area contributed by atoms with E-state index in [0.29, 0.717) is 10.6 Å². The Bertz CT molecular complexity index is 491. The Morgan fingerprint density at radius 3 is 2.63 bits per heavy atom. The molecule has 19 heavy (non-hydrogen) atoms. The largest absolute Gasteiger partial charge is 0.480 e. The normalized spacial score (nSPS) is 11.0. The van der Waals surface area contributed by atoms with Gasteiger partial charge in [0, 0.05) is 29.2 Å². The number of carbonyl (C=O) groups is 1. The molecule has 0 saturated heterocycles. The van der Waals surface area contributed by atoms with Crippen molar-refractivity contribution in [2.24, 2.45) is 0 Å². The van der Waals surface area contributed by atoms with Gasteiger partial charge in [0.2, 0.25) is 0 Å². The molecule has 1 aromatic carbocycles. The van der Waals surface area contributed by atoms with Crippen LogP contribution < -0.4 is 0 Å². The third kappa shape index (κ3) is 4.50. The molecule has 1 rings (SSSR count). The molecule has 0 aliphatic rings. The SMILES string of the molecule is CC(C)N(CC(=O)O)Cc1cc(Cl)ccc1[N+](=O)[O-]. The van der Waals surface area contributed by atoms with Crippen LogP contribution in [0.3, 0.4) is 0 Å². The van der Waals surface area contributed by atoms with E-state index < -0.39 is 10.9 Å². The maximum Gasteiger partial charge on any atom is 0.317 e. The van der Waals surface area contributed by atoms with Gasteiger partial charge >= 0.3 is 5.97 Å². The van der Waals surface area contributed by atoms with Gasteiger partial charge in [-0.05, 0) is 26.0 Å². The molecule has 7 heteroatoms. The van der Waals surface area contributed by atoms with E-state index in [1.165, 1.54) is 18.2 Å². The number of carboxylic acids is 1. The molecule has 0 heterocycles. The minimum absolute atomic E-state index is 0.0466. The monoisotopic (exact) mass is 286 g/mol. The summed E-state index contributed by atoms with van der Waals surface area (Å²) >= 11 is 5.83. The van der Waals surface area contributed by atoms with E-state index in [1.807, 2.05) is 13.8 Å². The lowest BCUT2D eigenvalue weighted by molar-refractivity contribution is -0.385. The summed E-state index contributed by atoms with van der Waals surface area (Å²) in [5.74, 6) is -0.974. The number of nitro benzene ring substituents is 1. The highest BCUT2D eigenvalue weighted by molar-refractivity contribution is 6.30. The summed E-state index contributed by atoms with van der Waals surface area (Å²) in [6.07, 6.45) is 0. The van der Waals surface area contributed by atoms with Gasteiger partial charge in [-0.15, -0.1) is 0 Å². The van der Waals surface area contributed by atoms with Crippen molar-refractivity contribution in [3.63, 3.8) is 0 Å². The molecule has 0 spiro atoms. The minimum atomic E-state index is -0.974. The van der Waals surface area contributed by atoms with Gasteiger partial charge in [-0.1, -0.05) is 11.6 Å². The predicted molar refractivity (Wildman–Crippen MR) is 71.3 cm³/mol. The predicted octanol–water partition coefficient (Wildman–Crippen LogP) is 2.54. The molecular formula is C12H15ClN2O4. The average molecular weight is 287 g/mol. The molecule has 0 aromatic heterocycles. The van der Waals surface area contributed by atoms with Crippen molar-refractivity contribution in [3.05, 3.63) is 38.9 Å². The van der Waals surface area contributed by atoms with Crippen LogP contribution in [0.2, 0.25) is 5.02 Å². The van der Waals surface area contributed by atoms with Crippen molar-refractivity contribution in [2.75, 3.05) is 6.54 Å². The summed E-state index contributed by atoms with van der Waals surface area (Å²) in [6, 6.07) is 4.23. The van der Waals surface area contributed by atoms with E-state index in [2.05, 4.69) is 0 Å². The Morgan fingerprint density at radius 1 is 1.53 bits per heavy atom. The quantitative estimate of drug-likeness (QED) is 0.642. The number of aliphatic carboxylic acids is 1. The summed E-state index contributed by atoms with van der Waals surface area (Å²) < 4.78 is 0. The van der Waals surface area contributed by atoms with Crippen LogP contribution >= 0.6 is 11.6 Å². The molecule has 1 aromatic rings. The van der Waals surface area contributed by atoms with Crippen LogP contribution in [-0.4, -0.2) is 33.5 Å². The Balaban J connectivity index is 3.04. The number of hydrogen-bond donors (Lipinski definition) is 1. The van der Waals surface area contributed by atoms with Crippen LogP contribution in [0.1, 0.15) is 19.4 Å². The highest BCUT2D eigenvalue weighted by Gasteiger charge is 2.20. The number of nitro groups is 1. The standard InChI is InChI=1S/C12H15ClN2O4/c1-8(2)14(7-12(16)17)6-9-5-10(13)3-4-11(9)15(18)19/h3-5,8H,6-7H2,1-2H3,(H,16,17). The fourth-order valence-corrected chi connectivity index (χ4v) is 1.87. The van der Waals surface area contributed by atoms with Crippen LogP contribution in [-0.2, 0) is 11.3 Å². The number of nitrogens with zero attached hydrogens (tertiary/aromatic N) is 2. The minimum Gasteiger partial charge on any atom is -0.480 e. The molecule has 0 aliphatic heterocycles. The first kappa shape index (κ1) is 15.4. The Labute approximate surface area is 115 Å². The smallest absolute Gasteiger partial charge is 0.317 e. The molecule has 6 nitrogen and oxygen atoms in total. The van der Waals surface area contributed by atoms with Gasteiger partial charge in [-0.25, -0.2) is 0 Å². The molecule has 1 N–H and O–H groups in total. The molecule has 0 aliphatic carbocycles. The summed E-state index contributed by atoms with van der Waals surface area (Å²) in [5.41, 5.74) is 0.355. The molecular weight excluding hydrogens is 272 g/mol. The van der Waals surface area contributed by atoms with Gasteiger partial charge in [0.15, 0.2) is 0 Å². The maximum absolute atomic E-state index is 10.9. The molecule has 0 saturated carbocycles. The average Bonchev–Trinajstić information content (AvgIpc) is 2.26. The molecule has 0 amide bonds. The van der Waals surface area contributed by atoms with Crippen LogP contribution in [0.25, 0.3) is 0 Å². The number of carboxylic acid groups (broad SMARTS) is 1. The lowest BCUT2D eigenvalue weighted by atomic mass is 10.1. The Morgan fingerprint density at radius 2 is 2.16 bits per heavy atom. The maximum atomic E-state index is 10.9. The van der Waals surface area contributed by atoms with E-state index in [1.54, 1.807) is 4.90 Å². The first-order valence-corrected chi connectivity index (χ1v) is 6.07. The zero-order chi connectivity index (χ0) is 14.6. The van der Waals surface area contributed by atoms with Crippen molar-refractivity contribution < 1.29 is 14.8 Å². The first-order chi connectivity index (χ1) is 8.81. The molecule has 0 unspecified atom stereocenters. The van der Waals surface area contributed by atoms with Crippen LogP contribution in [0.5, 0.6) is 0 Å². The lowest BCUT2D eigenvalue weighted by Gasteiger charge is -2.24. The molecule has 0 atom stereocenters. The summed E-state index contributed by atoms with van der Waals surface area (Å²) in [7, 11) is 0. The molecule has 0 fully saturated rings. The fraction of sp³-hybridized carbons (Fsp3) is 0.417. The van der Waals surface area contributed by atoms with Gasteiger partial charge in [0.05, 0.1) is 11.5 Å². The van der Waals surface area contributed by atoms with Gasteiger partial charge in [0.1, 0.15) is 0 Å². The van der Waals surface area contributed by atoms with Crippen molar-refractivity contribution in [1.82, 2.24) is 4.90 Å². The van der Waals surface area contributed by atoms with E-state index in [-0.39, 0.29) is 24.8 Å². The number of rotatable bonds is 6. The Hall–Kier alpha value is -1.66. The van der Waals surface area contributed by atoms with Crippen molar-refractivity contribution in [2.45, 2.75) is 26.4 Å². The van der Waals surface area contributed by atoms with E-state index in [0.717, 1.165) is 0 Å². The number of hydrogen-bond acceptors (Lipinski definition) is 4. The number of halogens is 1. The van der Waals surface area contributed by atoms with E-state index >= 15 is 0 Å². The Kier molecular flexibility index (Phi) is 5.26. The zero-order valence-electron chi connectivity index (χ0n) is 10.7. The molecule has 104 valence electrons. The summed E-state index contributed by atoms with van der Waals surface area (Å²) in [4.78, 5) is 22.9. The first-order valence-electron chi connectivity index (χ1n) is 5.70. The summed E-state index contributed by atoms with van der Waals surface area (Å²) in [6.45, 7) is 3.65. The second-order valence-corrected chi connectivity index (χ2v) is 4.86. The topological polar surface area (TPSA) is 83.7 Å². The van der Waals surface area contributed by atoms with Gasteiger partial charge in [0.25, 0.3) is 5.69 Å². The van der Waals surface area contributed by atoms with Crippen molar-refractivity contribution in [1.29, 1.82) is 0 Å². The van der Waals surface area contributed by atoms with Crippen LogP contribution in [0.15, 0.2) is 18.2 Å². The highest BCUT2D eigenvalue weighted by atomic mass is 35.5. The third-order valence-corrected chi connectivity index (χ3v) is 2.92. The molecule has 0 radical (unpaired) electrons.